The molecule has 4 N–H and O–H groups in total. The van der Waals surface area contributed by atoms with Crippen molar-refractivity contribution in [2.75, 3.05) is 12.3 Å². The molecule has 0 radical (unpaired) electrons. The fraction of sp³-hybridized carbons (Fsp3) is 0.778. The van der Waals surface area contributed by atoms with E-state index in [1.807, 2.05) is 0 Å². The summed E-state index contributed by atoms with van der Waals surface area (Å²) in [6.45, 7) is 10.2. The van der Waals surface area contributed by atoms with Gasteiger partial charge < -0.3 is 25.8 Å². The maximum Gasteiger partial charge on any atom is 0.325 e. The summed E-state index contributed by atoms with van der Waals surface area (Å²) in [5.41, 5.74) is 4.36. The minimum atomic E-state index is -1.04. The molecule has 9 nitrogen and oxygen atoms in total. The first-order valence-corrected chi connectivity index (χ1v) is 9.66. The van der Waals surface area contributed by atoms with E-state index in [-0.39, 0.29) is 30.9 Å². The van der Waals surface area contributed by atoms with Crippen molar-refractivity contribution in [3.8, 4) is 0 Å². The van der Waals surface area contributed by atoms with Gasteiger partial charge in [0.1, 0.15) is 17.2 Å². The topological polar surface area (TPSA) is 137 Å². The zero-order valence-corrected chi connectivity index (χ0v) is 18.4. The summed E-state index contributed by atoms with van der Waals surface area (Å²) >= 11 is 4.05. The van der Waals surface area contributed by atoms with E-state index in [1.165, 1.54) is 0 Å². The molecule has 28 heavy (non-hydrogen) atoms. The highest BCUT2D eigenvalue weighted by Gasteiger charge is 2.24. The lowest BCUT2D eigenvalue weighted by Gasteiger charge is -2.22. The number of hydrogen-bond donors (Lipinski definition) is 4. The number of Topliss-reactive ketones (excluding diaryl/α,β-unsaturated/α-hetero) is 1. The van der Waals surface area contributed by atoms with Gasteiger partial charge in [0, 0.05) is 18.7 Å². The molecule has 0 fully saturated rings. The fourth-order valence-corrected chi connectivity index (χ4v) is 2.19. The smallest absolute Gasteiger partial charge is 0.325 e. The van der Waals surface area contributed by atoms with Crippen molar-refractivity contribution < 1.29 is 28.7 Å². The summed E-state index contributed by atoms with van der Waals surface area (Å²) in [5.74, 6) is -1.44. The third-order valence-corrected chi connectivity index (χ3v) is 3.43. The molecule has 0 aliphatic rings. The highest BCUT2D eigenvalue weighted by Crippen LogP contribution is 2.10. The number of ketones is 1. The number of nitrogens with one attached hydrogen (secondary N) is 2. The van der Waals surface area contributed by atoms with Gasteiger partial charge in [-0.2, -0.15) is 12.6 Å². The number of thiol groups is 1. The Morgan fingerprint density at radius 3 is 1.96 bits per heavy atom. The predicted molar refractivity (Wildman–Crippen MR) is 108 cm³/mol. The third-order valence-electron chi connectivity index (χ3n) is 3.06. The van der Waals surface area contributed by atoms with E-state index in [9.17, 15) is 19.2 Å². The SMILES string of the molecule is CC(C)(C)OC(=O)CCC(=O)[C@H](CS)NC(=O)NC[C@H](N)C(=O)OC(C)(C)C. The number of carbonyl (C=O) groups is 4. The van der Waals surface area contributed by atoms with Crippen molar-refractivity contribution in [1.82, 2.24) is 10.6 Å². The highest BCUT2D eigenvalue weighted by molar-refractivity contribution is 7.80. The summed E-state index contributed by atoms with van der Waals surface area (Å²) in [6.07, 6.45) is -0.176. The Bertz CT molecular complexity index is 569. The first kappa shape index (κ1) is 26.2. The summed E-state index contributed by atoms with van der Waals surface area (Å²) in [6, 6.07) is -2.60. The molecular formula is C18H33N3O6S. The van der Waals surface area contributed by atoms with Crippen molar-refractivity contribution >= 4 is 36.4 Å². The van der Waals surface area contributed by atoms with Gasteiger partial charge in [0.05, 0.1) is 12.5 Å². The maximum absolute atomic E-state index is 12.2. The highest BCUT2D eigenvalue weighted by atomic mass is 32.1. The van der Waals surface area contributed by atoms with Crippen molar-refractivity contribution in [3.05, 3.63) is 0 Å². The van der Waals surface area contributed by atoms with Crippen LogP contribution >= 0.6 is 12.6 Å². The molecule has 0 saturated heterocycles. The van der Waals surface area contributed by atoms with E-state index in [2.05, 4.69) is 23.3 Å². The lowest BCUT2D eigenvalue weighted by molar-refractivity contribution is -0.156. The molecule has 2 atom stereocenters. The minimum absolute atomic E-state index is 0.0543. The first-order chi connectivity index (χ1) is 12.6. The van der Waals surface area contributed by atoms with Gasteiger partial charge in [-0.05, 0) is 41.5 Å². The molecule has 0 bridgehead atoms. The van der Waals surface area contributed by atoms with Crippen LogP contribution in [0.3, 0.4) is 0 Å². The van der Waals surface area contributed by atoms with Crippen molar-refractivity contribution in [3.63, 3.8) is 0 Å². The Hall–Kier alpha value is -1.81. The van der Waals surface area contributed by atoms with Crippen molar-refractivity contribution in [1.29, 1.82) is 0 Å². The Morgan fingerprint density at radius 1 is 0.964 bits per heavy atom. The molecule has 162 valence electrons. The van der Waals surface area contributed by atoms with Gasteiger partial charge >= 0.3 is 18.0 Å². The lowest BCUT2D eigenvalue weighted by atomic mass is 10.1. The van der Waals surface area contributed by atoms with E-state index in [4.69, 9.17) is 15.2 Å². The average Bonchev–Trinajstić information content (AvgIpc) is 2.52. The monoisotopic (exact) mass is 419 g/mol. The van der Waals surface area contributed by atoms with Gasteiger partial charge in [-0.25, -0.2) is 4.79 Å². The standard InChI is InChI=1S/C18H33N3O6S/c1-17(2,3)26-14(23)8-7-13(22)12(10-28)21-16(25)20-9-11(19)15(24)27-18(4,5)6/h11-12,28H,7-10,19H2,1-6H3,(H2,20,21,25)/t11-,12-/m0/s1. The van der Waals surface area contributed by atoms with Gasteiger partial charge in [-0.15, -0.1) is 0 Å². The summed E-state index contributed by atoms with van der Waals surface area (Å²) in [4.78, 5) is 47.6. The van der Waals surface area contributed by atoms with Gasteiger partial charge in [-0.1, -0.05) is 0 Å². The minimum Gasteiger partial charge on any atom is -0.460 e. The van der Waals surface area contributed by atoms with Crippen molar-refractivity contribution in [2.24, 2.45) is 5.73 Å². The van der Waals surface area contributed by atoms with Gasteiger partial charge in [-0.3, -0.25) is 14.4 Å². The Balaban J connectivity index is 4.42. The Morgan fingerprint density at radius 2 is 1.50 bits per heavy atom. The summed E-state index contributed by atoms with van der Waals surface area (Å²) in [5, 5.41) is 4.86. The molecule has 0 unspecified atom stereocenters. The van der Waals surface area contributed by atoms with Crippen LogP contribution in [0.25, 0.3) is 0 Å². The predicted octanol–water partition coefficient (Wildman–Crippen LogP) is 0.944. The molecule has 0 aromatic rings. The molecular weight excluding hydrogens is 386 g/mol. The van der Waals surface area contributed by atoms with Crippen LogP contribution in [0.15, 0.2) is 0 Å². The molecule has 2 amide bonds. The normalized spacial score (nSPS) is 13.9. The van der Waals surface area contributed by atoms with Crippen LogP contribution in [0.5, 0.6) is 0 Å². The Kier molecular flexibility index (Phi) is 10.5. The second-order valence-electron chi connectivity index (χ2n) is 8.28. The quantitative estimate of drug-likeness (QED) is 0.322. The molecule has 0 aromatic carbocycles. The van der Waals surface area contributed by atoms with Crippen LogP contribution < -0.4 is 16.4 Å². The molecule has 10 heteroatoms. The molecule has 0 rings (SSSR count). The molecule has 0 aliphatic carbocycles. The van der Waals surface area contributed by atoms with Crippen molar-refractivity contribution in [2.45, 2.75) is 77.7 Å². The molecule has 0 aromatic heterocycles. The number of esters is 2. The maximum atomic E-state index is 12.2. The number of rotatable bonds is 9. The third kappa shape index (κ3) is 12.6. The number of urea groups is 1. The van der Waals surface area contributed by atoms with Crippen LogP contribution in [-0.4, -0.2) is 59.3 Å². The van der Waals surface area contributed by atoms with E-state index in [0.29, 0.717) is 0 Å². The number of hydrogen-bond acceptors (Lipinski definition) is 8. The lowest BCUT2D eigenvalue weighted by Crippen LogP contribution is -2.51. The van der Waals surface area contributed by atoms with Crippen LogP contribution in [0, 0.1) is 0 Å². The fourth-order valence-electron chi connectivity index (χ4n) is 1.89. The zero-order valence-electron chi connectivity index (χ0n) is 17.5. The van der Waals surface area contributed by atoms with E-state index in [1.54, 1.807) is 41.5 Å². The van der Waals surface area contributed by atoms with Crippen LogP contribution in [0.2, 0.25) is 0 Å². The van der Waals surface area contributed by atoms with Crippen LogP contribution in [0.1, 0.15) is 54.4 Å². The molecule has 0 saturated carbocycles. The van der Waals surface area contributed by atoms with Crippen LogP contribution in [0.4, 0.5) is 4.79 Å². The van der Waals surface area contributed by atoms with Gasteiger partial charge in [0.25, 0.3) is 0 Å². The van der Waals surface area contributed by atoms with Gasteiger partial charge in [0.15, 0.2) is 5.78 Å². The zero-order chi connectivity index (χ0) is 22.1. The number of nitrogens with two attached hydrogens (primary N) is 1. The second-order valence-corrected chi connectivity index (χ2v) is 8.65. The molecule has 0 aliphatic heterocycles. The van der Waals surface area contributed by atoms with E-state index < -0.39 is 41.3 Å². The molecule has 0 heterocycles. The number of carbonyl (C=O) groups excluding carboxylic acids is 4. The van der Waals surface area contributed by atoms with Crippen LogP contribution in [-0.2, 0) is 23.9 Å². The van der Waals surface area contributed by atoms with Gasteiger partial charge in [0.2, 0.25) is 0 Å². The van der Waals surface area contributed by atoms with E-state index in [0.717, 1.165) is 0 Å². The second kappa shape index (κ2) is 11.3. The van der Waals surface area contributed by atoms with E-state index >= 15 is 0 Å². The summed E-state index contributed by atoms with van der Waals surface area (Å²) < 4.78 is 10.3. The molecule has 0 spiro atoms. The summed E-state index contributed by atoms with van der Waals surface area (Å²) in [7, 11) is 0. The largest absolute Gasteiger partial charge is 0.460 e. The average molecular weight is 420 g/mol. The first-order valence-electron chi connectivity index (χ1n) is 9.03. The number of ether oxygens (including phenoxy) is 2. The number of amides is 2. The Labute approximate surface area is 171 Å².